The first-order chi connectivity index (χ1) is 11.5. The smallest absolute Gasteiger partial charge is 0.202 e. The van der Waals surface area contributed by atoms with Crippen molar-refractivity contribution in [2.24, 2.45) is 11.8 Å². The molecular weight excluding hydrogens is 296 g/mol. The third-order valence-corrected chi connectivity index (χ3v) is 5.67. The van der Waals surface area contributed by atoms with Crippen LogP contribution >= 0.6 is 0 Å². The molecule has 3 atom stereocenters. The van der Waals surface area contributed by atoms with Crippen LogP contribution < -0.4 is 4.74 Å². The van der Waals surface area contributed by atoms with Gasteiger partial charge in [0.15, 0.2) is 0 Å². The zero-order chi connectivity index (χ0) is 17.5. The molecule has 1 saturated carbocycles. The van der Waals surface area contributed by atoms with E-state index in [4.69, 9.17) is 9.47 Å². The second-order valence-corrected chi connectivity index (χ2v) is 7.86. The molecule has 0 N–H and O–H groups in total. The van der Waals surface area contributed by atoms with Gasteiger partial charge in [-0.2, -0.15) is 0 Å². The highest BCUT2D eigenvalue weighted by molar-refractivity contribution is 5.29. The maximum Gasteiger partial charge on any atom is 0.202 e. The third-order valence-electron chi connectivity index (χ3n) is 5.67. The summed E-state index contributed by atoms with van der Waals surface area (Å²) in [5.74, 6) is 2.44. The Kier molecular flexibility index (Phi) is 7.61. The normalized spacial score (nSPS) is 19.9. The number of hydrogen-bond donors (Lipinski definition) is 0. The van der Waals surface area contributed by atoms with Gasteiger partial charge in [0.05, 0.1) is 6.10 Å². The van der Waals surface area contributed by atoms with Crippen molar-refractivity contribution in [3.8, 4) is 5.75 Å². The van der Waals surface area contributed by atoms with Crippen LogP contribution in [0.2, 0.25) is 0 Å². The molecule has 0 spiro atoms. The maximum absolute atomic E-state index is 6.40. The second kappa shape index (κ2) is 9.46. The number of benzene rings is 1. The van der Waals surface area contributed by atoms with E-state index in [-0.39, 0.29) is 6.29 Å². The van der Waals surface area contributed by atoms with Crippen LogP contribution in [-0.2, 0) is 4.74 Å². The topological polar surface area (TPSA) is 18.5 Å². The molecule has 2 nitrogen and oxygen atoms in total. The SMILES string of the molecule is CCC(C)c1ccc(OC(OC2CCCCC2)C(C)C(C)C)cc1. The molecule has 1 fully saturated rings. The lowest BCUT2D eigenvalue weighted by molar-refractivity contribution is -0.160. The lowest BCUT2D eigenvalue weighted by Gasteiger charge is -2.32. The minimum atomic E-state index is -0.150. The van der Waals surface area contributed by atoms with Crippen molar-refractivity contribution in [1.82, 2.24) is 0 Å². The quantitative estimate of drug-likeness (QED) is 0.503. The Labute approximate surface area is 148 Å². The van der Waals surface area contributed by atoms with E-state index in [1.807, 2.05) is 0 Å². The molecular formula is C22H36O2. The molecule has 0 heterocycles. The van der Waals surface area contributed by atoms with Crippen LogP contribution in [0.25, 0.3) is 0 Å². The lowest BCUT2D eigenvalue weighted by Crippen LogP contribution is -2.36. The third kappa shape index (κ3) is 5.51. The molecule has 0 saturated heterocycles. The van der Waals surface area contributed by atoms with Gasteiger partial charge in [-0.25, -0.2) is 0 Å². The Hall–Kier alpha value is -1.02. The standard InChI is InChI=1S/C22H36O2/c1-6-17(4)19-12-14-21(15-13-19)24-22(18(5)16(2)3)23-20-10-8-7-9-11-20/h12-18,20,22H,6-11H2,1-5H3. The van der Waals surface area contributed by atoms with E-state index in [0.29, 0.717) is 23.9 Å². The van der Waals surface area contributed by atoms with Gasteiger partial charge < -0.3 is 9.47 Å². The molecule has 1 aromatic carbocycles. The van der Waals surface area contributed by atoms with Crippen molar-refractivity contribution in [2.45, 2.75) is 91.5 Å². The molecule has 1 aliphatic carbocycles. The zero-order valence-electron chi connectivity index (χ0n) is 16.3. The van der Waals surface area contributed by atoms with Gasteiger partial charge >= 0.3 is 0 Å². The van der Waals surface area contributed by atoms with Crippen molar-refractivity contribution in [2.75, 3.05) is 0 Å². The highest BCUT2D eigenvalue weighted by atomic mass is 16.7. The highest BCUT2D eigenvalue weighted by Crippen LogP contribution is 2.28. The summed E-state index contributed by atoms with van der Waals surface area (Å²) in [6.45, 7) is 11.2. The van der Waals surface area contributed by atoms with Crippen molar-refractivity contribution in [1.29, 1.82) is 0 Å². The van der Waals surface area contributed by atoms with E-state index in [2.05, 4.69) is 58.9 Å². The predicted molar refractivity (Wildman–Crippen MR) is 102 cm³/mol. The maximum atomic E-state index is 6.40. The van der Waals surface area contributed by atoms with Crippen LogP contribution in [0.3, 0.4) is 0 Å². The molecule has 0 aromatic heterocycles. The van der Waals surface area contributed by atoms with E-state index >= 15 is 0 Å². The van der Waals surface area contributed by atoms with Crippen LogP contribution in [0.5, 0.6) is 5.75 Å². The summed E-state index contributed by atoms with van der Waals surface area (Å²) in [6.07, 6.45) is 7.66. The predicted octanol–water partition coefficient (Wildman–Crippen LogP) is 6.55. The first-order valence-corrected chi connectivity index (χ1v) is 9.93. The Morgan fingerprint density at radius 2 is 1.58 bits per heavy atom. The van der Waals surface area contributed by atoms with Crippen LogP contribution in [0, 0.1) is 11.8 Å². The van der Waals surface area contributed by atoms with Crippen LogP contribution in [-0.4, -0.2) is 12.4 Å². The summed E-state index contributed by atoms with van der Waals surface area (Å²) >= 11 is 0. The molecule has 0 bridgehead atoms. The Balaban J connectivity index is 2.03. The first kappa shape index (κ1) is 19.3. The van der Waals surface area contributed by atoms with Gasteiger partial charge in [-0.15, -0.1) is 0 Å². The van der Waals surface area contributed by atoms with Crippen LogP contribution in [0.15, 0.2) is 24.3 Å². The summed E-state index contributed by atoms with van der Waals surface area (Å²) in [7, 11) is 0. The van der Waals surface area contributed by atoms with Crippen molar-refractivity contribution in [3.05, 3.63) is 29.8 Å². The van der Waals surface area contributed by atoms with Crippen LogP contribution in [0.4, 0.5) is 0 Å². The van der Waals surface area contributed by atoms with E-state index in [1.54, 1.807) is 0 Å². The fraction of sp³-hybridized carbons (Fsp3) is 0.727. The number of hydrogen-bond acceptors (Lipinski definition) is 2. The molecule has 136 valence electrons. The molecule has 2 rings (SSSR count). The fourth-order valence-electron chi connectivity index (χ4n) is 3.21. The number of rotatable bonds is 8. The van der Waals surface area contributed by atoms with Gasteiger partial charge in [0.1, 0.15) is 5.75 Å². The van der Waals surface area contributed by atoms with E-state index in [0.717, 1.165) is 12.2 Å². The van der Waals surface area contributed by atoms with Crippen molar-refractivity contribution in [3.63, 3.8) is 0 Å². The summed E-state index contributed by atoms with van der Waals surface area (Å²) < 4.78 is 12.7. The van der Waals surface area contributed by atoms with Crippen LogP contribution in [0.1, 0.15) is 84.6 Å². The monoisotopic (exact) mass is 332 g/mol. The number of ether oxygens (including phenoxy) is 2. The first-order valence-electron chi connectivity index (χ1n) is 9.93. The van der Waals surface area contributed by atoms with Gasteiger partial charge in [-0.3, -0.25) is 0 Å². The Morgan fingerprint density at radius 1 is 0.958 bits per heavy atom. The lowest BCUT2D eigenvalue weighted by atomic mass is 9.95. The molecule has 24 heavy (non-hydrogen) atoms. The molecule has 1 aliphatic rings. The summed E-state index contributed by atoms with van der Waals surface area (Å²) in [4.78, 5) is 0. The summed E-state index contributed by atoms with van der Waals surface area (Å²) in [6, 6.07) is 8.60. The molecule has 0 amide bonds. The largest absolute Gasteiger partial charge is 0.465 e. The zero-order valence-corrected chi connectivity index (χ0v) is 16.3. The van der Waals surface area contributed by atoms with Gasteiger partial charge in [0, 0.05) is 5.92 Å². The average molecular weight is 333 g/mol. The molecule has 2 heteroatoms. The second-order valence-electron chi connectivity index (χ2n) is 7.86. The molecule has 1 aromatic rings. The fourth-order valence-corrected chi connectivity index (χ4v) is 3.21. The van der Waals surface area contributed by atoms with E-state index in [1.165, 1.54) is 37.7 Å². The van der Waals surface area contributed by atoms with Crippen molar-refractivity contribution >= 4 is 0 Å². The summed E-state index contributed by atoms with van der Waals surface area (Å²) in [5.41, 5.74) is 1.38. The van der Waals surface area contributed by atoms with Gasteiger partial charge in [-0.05, 0) is 48.8 Å². The Bertz CT molecular complexity index is 459. The molecule has 3 unspecified atom stereocenters. The van der Waals surface area contributed by atoms with Crippen molar-refractivity contribution < 1.29 is 9.47 Å². The Morgan fingerprint density at radius 3 is 2.12 bits per heavy atom. The summed E-state index contributed by atoms with van der Waals surface area (Å²) in [5, 5.41) is 0. The van der Waals surface area contributed by atoms with Gasteiger partial charge in [0.2, 0.25) is 6.29 Å². The highest BCUT2D eigenvalue weighted by Gasteiger charge is 2.27. The minimum Gasteiger partial charge on any atom is -0.465 e. The molecule has 0 aliphatic heterocycles. The minimum absolute atomic E-state index is 0.150. The van der Waals surface area contributed by atoms with Gasteiger partial charge in [0.25, 0.3) is 0 Å². The van der Waals surface area contributed by atoms with Gasteiger partial charge in [-0.1, -0.05) is 66.0 Å². The average Bonchev–Trinajstić information content (AvgIpc) is 2.61. The molecule has 0 radical (unpaired) electrons. The van der Waals surface area contributed by atoms with E-state index in [9.17, 15) is 0 Å². The van der Waals surface area contributed by atoms with E-state index < -0.39 is 0 Å².